The van der Waals surface area contributed by atoms with Gasteiger partial charge in [-0.2, -0.15) is 0 Å². The number of fused-ring (bicyclic) bond motifs is 1. The van der Waals surface area contributed by atoms with Crippen molar-refractivity contribution in [3.8, 4) is 5.75 Å². The zero-order chi connectivity index (χ0) is 14.8. The molecule has 1 aromatic carbocycles. The summed E-state index contributed by atoms with van der Waals surface area (Å²) in [5.74, 6) is 1.06. The van der Waals surface area contributed by atoms with Crippen LogP contribution in [0.15, 0.2) is 41.7 Å². The number of imidazole rings is 1. The van der Waals surface area contributed by atoms with E-state index < -0.39 is 10.8 Å². The molecular weight excluding hydrogens is 286 g/mol. The third-order valence-electron chi connectivity index (χ3n) is 3.33. The van der Waals surface area contributed by atoms with Gasteiger partial charge in [-0.15, -0.1) is 0 Å². The molecule has 6 heteroatoms. The molecule has 0 saturated carbocycles. The molecule has 5 nitrogen and oxygen atoms in total. The summed E-state index contributed by atoms with van der Waals surface area (Å²) in [6.45, 7) is 1.91. The summed E-state index contributed by atoms with van der Waals surface area (Å²) in [5.41, 5.74) is 3.37. The second-order valence-corrected chi connectivity index (χ2v) is 6.00. The SMILES string of the molecule is COc1ccnc(C[S@](=O)c2nc3ccccc3[nH]2)c1C. The van der Waals surface area contributed by atoms with E-state index >= 15 is 0 Å². The predicted octanol–water partition coefficient (Wildman–Crippen LogP) is 2.58. The monoisotopic (exact) mass is 301 g/mol. The van der Waals surface area contributed by atoms with Crippen LogP contribution in [0.25, 0.3) is 11.0 Å². The number of aromatic amines is 1. The van der Waals surface area contributed by atoms with Crippen LogP contribution in [0.5, 0.6) is 5.75 Å². The van der Waals surface area contributed by atoms with E-state index in [1.165, 1.54) is 0 Å². The Kier molecular flexibility index (Phi) is 3.70. The van der Waals surface area contributed by atoms with Gasteiger partial charge in [0.05, 0.1) is 40.4 Å². The summed E-state index contributed by atoms with van der Waals surface area (Å²) in [5, 5.41) is 0.472. The smallest absolute Gasteiger partial charge is 0.197 e. The van der Waals surface area contributed by atoms with Crippen molar-refractivity contribution < 1.29 is 8.95 Å². The maximum Gasteiger partial charge on any atom is 0.197 e. The van der Waals surface area contributed by atoms with Crippen LogP contribution in [0.4, 0.5) is 0 Å². The molecule has 21 heavy (non-hydrogen) atoms. The van der Waals surface area contributed by atoms with Crippen LogP contribution in [0.1, 0.15) is 11.3 Å². The lowest BCUT2D eigenvalue weighted by Gasteiger charge is -2.08. The van der Waals surface area contributed by atoms with Gasteiger partial charge in [-0.1, -0.05) is 12.1 Å². The lowest BCUT2D eigenvalue weighted by Crippen LogP contribution is -2.03. The lowest BCUT2D eigenvalue weighted by molar-refractivity contribution is 0.410. The molecule has 0 spiro atoms. The second-order valence-electron chi connectivity index (χ2n) is 4.63. The van der Waals surface area contributed by atoms with Crippen molar-refractivity contribution in [2.75, 3.05) is 7.11 Å². The highest BCUT2D eigenvalue weighted by Gasteiger charge is 2.14. The molecule has 0 amide bonds. The van der Waals surface area contributed by atoms with Crippen LogP contribution in [0.2, 0.25) is 0 Å². The average Bonchev–Trinajstić information content (AvgIpc) is 2.93. The lowest BCUT2D eigenvalue weighted by atomic mass is 10.2. The molecule has 1 N–H and O–H groups in total. The Morgan fingerprint density at radius 2 is 2.10 bits per heavy atom. The summed E-state index contributed by atoms with van der Waals surface area (Å²) in [6.07, 6.45) is 1.66. The van der Waals surface area contributed by atoms with Crippen LogP contribution in [-0.2, 0) is 16.6 Å². The maximum absolute atomic E-state index is 12.5. The van der Waals surface area contributed by atoms with E-state index in [9.17, 15) is 4.21 Å². The van der Waals surface area contributed by atoms with E-state index in [4.69, 9.17) is 4.74 Å². The molecule has 2 aromatic heterocycles. The molecular formula is C15H15N3O2S. The van der Waals surface area contributed by atoms with Crippen molar-refractivity contribution in [2.24, 2.45) is 0 Å². The van der Waals surface area contributed by atoms with Crippen LogP contribution < -0.4 is 4.74 Å². The largest absolute Gasteiger partial charge is 0.496 e. The minimum absolute atomic E-state index is 0.308. The summed E-state index contributed by atoms with van der Waals surface area (Å²) in [6, 6.07) is 9.42. The molecule has 0 radical (unpaired) electrons. The van der Waals surface area contributed by atoms with Crippen LogP contribution in [-0.4, -0.2) is 26.3 Å². The Morgan fingerprint density at radius 3 is 2.86 bits per heavy atom. The fourth-order valence-corrected chi connectivity index (χ4v) is 3.26. The van der Waals surface area contributed by atoms with Crippen molar-refractivity contribution in [3.05, 3.63) is 47.8 Å². The van der Waals surface area contributed by atoms with E-state index in [-0.39, 0.29) is 0 Å². The minimum Gasteiger partial charge on any atom is -0.496 e. The standard InChI is InChI=1S/C15H15N3O2S/c1-10-13(16-8-7-14(10)20-2)9-21(19)15-17-11-5-3-4-6-12(11)18-15/h3-8H,9H2,1-2H3,(H,17,18)/t21-/m0/s1. The van der Waals surface area contributed by atoms with Gasteiger partial charge < -0.3 is 9.72 Å². The molecule has 108 valence electrons. The average molecular weight is 301 g/mol. The van der Waals surface area contributed by atoms with Gasteiger partial charge in [0.2, 0.25) is 0 Å². The molecule has 0 aliphatic carbocycles. The predicted molar refractivity (Wildman–Crippen MR) is 81.7 cm³/mol. The summed E-state index contributed by atoms with van der Waals surface area (Å²) in [4.78, 5) is 11.8. The van der Waals surface area contributed by atoms with Gasteiger partial charge in [-0.25, -0.2) is 4.98 Å². The van der Waals surface area contributed by atoms with Crippen molar-refractivity contribution >= 4 is 21.8 Å². The molecule has 0 saturated heterocycles. The molecule has 2 heterocycles. The molecule has 0 bridgehead atoms. The molecule has 0 fully saturated rings. The minimum atomic E-state index is -1.27. The highest BCUT2D eigenvalue weighted by molar-refractivity contribution is 7.84. The Morgan fingerprint density at radius 1 is 1.29 bits per heavy atom. The van der Waals surface area contributed by atoms with Crippen LogP contribution in [0, 0.1) is 6.92 Å². The summed E-state index contributed by atoms with van der Waals surface area (Å²) >= 11 is 0. The van der Waals surface area contributed by atoms with Gasteiger partial charge in [-0.3, -0.25) is 9.19 Å². The highest BCUT2D eigenvalue weighted by atomic mass is 32.2. The Labute approximate surface area is 124 Å². The Balaban J connectivity index is 1.89. The van der Waals surface area contributed by atoms with E-state index in [0.717, 1.165) is 28.0 Å². The number of H-pyrrole nitrogens is 1. The van der Waals surface area contributed by atoms with E-state index in [0.29, 0.717) is 10.9 Å². The number of rotatable bonds is 4. The number of nitrogens with zero attached hydrogens (tertiary/aromatic N) is 2. The molecule has 0 unspecified atom stereocenters. The Bertz CT molecular complexity index is 781. The molecule has 3 aromatic rings. The van der Waals surface area contributed by atoms with E-state index in [2.05, 4.69) is 15.0 Å². The molecule has 0 aliphatic heterocycles. The van der Waals surface area contributed by atoms with Gasteiger partial charge in [0.15, 0.2) is 5.16 Å². The first-order valence-corrected chi connectivity index (χ1v) is 7.82. The van der Waals surface area contributed by atoms with E-state index in [1.807, 2.05) is 31.2 Å². The topological polar surface area (TPSA) is 67.9 Å². The third kappa shape index (κ3) is 2.67. The maximum atomic E-state index is 12.5. The van der Waals surface area contributed by atoms with Gasteiger partial charge >= 0.3 is 0 Å². The number of para-hydroxylation sites is 2. The normalized spacial score (nSPS) is 12.5. The zero-order valence-electron chi connectivity index (χ0n) is 11.8. The number of aromatic nitrogens is 3. The number of pyridine rings is 1. The first kappa shape index (κ1) is 13.8. The highest BCUT2D eigenvalue weighted by Crippen LogP contribution is 2.21. The van der Waals surface area contributed by atoms with Crippen molar-refractivity contribution in [3.63, 3.8) is 0 Å². The second kappa shape index (κ2) is 5.65. The Hall–Kier alpha value is -2.21. The number of ether oxygens (including phenoxy) is 1. The number of nitrogens with one attached hydrogen (secondary N) is 1. The zero-order valence-corrected chi connectivity index (χ0v) is 12.6. The number of hydrogen-bond donors (Lipinski definition) is 1. The van der Waals surface area contributed by atoms with Crippen molar-refractivity contribution in [2.45, 2.75) is 17.8 Å². The first-order chi connectivity index (χ1) is 10.2. The number of benzene rings is 1. The fraction of sp³-hybridized carbons (Fsp3) is 0.200. The summed E-state index contributed by atoms with van der Waals surface area (Å²) < 4.78 is 17.7. The number of methoxy groups -OCH3 is 1. The summed E-state index contributed by atoms with van der Waals surface area (Å²) in [7, 11) is 0.341. The van der Waals surface area contributed by atoms with Crippen LogP contribution >= 0.6 is 0 Å². The molecule has 1 atom stereocenters. The van der Waals surface area contributed by atoms with Gasteiger partial charge in [0, 0.05) is 11.8 Å². The van der Waals surface area contributed by atoms with Gasteiger partial charge in [-0.05, 0) is 25.1 Å². The van der Waals surface area contributed by atoms with Crippen molar-refractivity contribution in [1.29, 1.82) is 0 Å². The van der Waals surface area contributed by atoms with E-state index in [1.54, 1.807) is 19.4 Å². The van der Waals surface area contributed by atoms with Gasteiger partial charge in [0.1, 0.15) is 5.75 Å². The van der Waals surface area contributed by atoms with Crippen molar-refractivity contribution in [1.82, 2.24) is 15.0 Å². The first-order valence-electron chi connectivity index (χ1n) is 6.50. The molecule has 0 aliphatic rings. The fourth-order valence-electron chi connectivity index (χ4n) is 2.16. The van der Waals surface area contributed by atoms with Gasteiger partial charge in [0.25, 0.3) is 0 Å². The third-order valence-corrected chi connectivity index (χ3v) is 4.49. The van der Waals surface area contributed by atoms with Crippen LogP contribution in [0.3, 0.4) is 0 Å². The quantitative estimate of drug-likeness (QED) is 0.804. The molecule has 3 rings (SSSR count). The number of hydrogen-bond acceptors (Lipinski definition) is 4.